The Morgan fingerprint density at radius 2 is 2.10 bits per heavy atom. The Bertz CT molecular complexity index is 197. The van der Waals surface area contributed by atoms with Gasteiger partial charge in [0.15, 0.2) is 0 Å². The van der Waals surface area contributed by atoms with Crippen molar-refractivity contribution in [2.45, 2.75) is 20.3 Å². The number of hydrogen-bond donors (Lipinski definition) is 0. The molecular weight excluding hydrogens is 140 g/mol. The van der Waals surface area contributed by atoms with Gasteiger partial charge in [-0.1, -0.05) is 44.3 Å². The standard InChI is InChI=1S/C9H12S/c1-9(2)6-4-3-5-8(10)7-9/h3-6H,7H2,1-2H3. The van der Waals surface area contributed by atoms with Gasteiger partial charge in [0, 0.05) is 4.86 Å². The van der Waals surface area contributed by atoms with Gasteiger partial charge in [-0.2, -0.15) is 0 Å². The van der Waals surface area contributed by atoms with Gasteiger partial charge in [0.2, 0.25) is 0 Å². The average Bonchev–Trinajstić information content (AvgIpc) is 1.90. The molecular formula is C9H12S. The van der Waals surface area contributed by atoms with Gasteiger partial charge >= 0.3 is 0 Å². The third-order valence-corrected chi connectivity index (χ3v) is 1.85. The van der Waals surface area contributed by atoms with E-state index in [0.717, 1.165) is 11.3 Å². The molecule has 0 radical (unpaired) electrons. The highest BCUT2D eigenvalue weighted by Gasteiger charge is 2.15. The van der Waals surface area contributed by atoms with Crippen LogP contribution < -0.4 is 0 Å². The smallest absolute Gasteiger partial charge is 0.0160 e. The normalized spacial score (nSPS) is 22.8. The number of hydrogen-bond acceptors (Lipinski definition) is 1. The van der Waals surface area contributed by atoms with E-state index in [0.29, 0.717) is 0 Å². The van der Waals surface area contributed by atoms with Crippen molar-refractivity contribution in [3.05, 3.63) is 24.3 Å². The molecule has 0 saturated carbocycles. The molecule has 0 nitrogen and oxygen atoms in total. The van der Waals surface area contributed by atoms with Crippen LogP contribution in [-0.4, -0.2) is 4.86 Å². The van der Waals surface area contributed by atoms with Crippen molar-refractivity contribution in [3.8, 4) is 0 Å². The van der Waals surface area contributed by atoms with E-state index in [-0.39, 0.29) is 5.41 Å². The summed E-state index contributed by atoms with van der Waals surface area (Å²) in [5, 5.41) is 0. The highest BCUT2D eigenvalue weighted by molar-refractivity contribution is 7.80. The van der Waals surface area contributed by atoms with Crippen LogP contribution in [-0.2, 0) is 0 Å². The molecule has 0 heterocycles. The van der Waals surface area contributed by atoms with Gasteiger partial charge in [0.1, 0.15) is 0 Å². The quantitative estimate of drug-likeness (QED) is 0.481. The molecule has 0 aromatic heterocycles. The molecule has 0 bridgehead atoms. The molecule has 0 fully saturated rings. The third-order valence-electron chi connectivity index (χ3n) is 1.57. The van der Waals surface area contributed by atoms with Crippen LogP contribution >= 0.6 is 12.2 Å². The second-order valence-electron chi connectivity index (χ2n) is 3.35. The Labute approximate surface area is 67.6 Å². The zero-order chi connectivity index (χ0) is 7.61. The van der Waals surface area contributed by atoms with E-state index in [1.54, 1.807) is 0 Å². The van der Waals surface area contributed by atoms with Gasteiger partial charge in [0.25, 0.3) is 0 Å². The molecule has 0 amide bonds. The molecule has 1 rings (SSSR count). The maximum Gasteiger partial charge on any atom is 0.0160 e. The van der Waals surface area contributed by atoms with Crippen molar-refractivity contribution in [1.82, 2.24) is 0 Å². The van der Waals surface area contributed by atoms with Crippen molar-refractivity contribution >= 4 is 17.1 Å². The lowest BCUT2D eigenvalue weighted by Crippen LogP contribution is -2.10. The fourth-order valence-electron chi connectivity index (χ4n) is 1.05. The predicted octanol–water partition coefficient (Wildman–Crippen LogP) is 2.90. The predicted molar refractivity (Wildman–Crippen MR) is 49.3 cm³/mol. The van der Waals surface area contributed by atoms with Gasteiger partial charge in [-0.3, -0.25) is 0 Å². The maximum atomic E-state index is 5.11. The lowest BCUT2D eigenvalue weighted by molar-refractivity contribution is 0.508. The first-order valence-corrected chi connectivity index (χ1v) is 3.90. The Hall–Kier alpha value is -0.430. The summed E-state index contributed by atoms with van der Waals surface area (Å²) in [4.78, 5) is 1.05. The summed E-state index contributed by atoms with van der Waals surface area (Å²) in [6.07, 6.45) is 9.27. The molecule has 0 aliphatic heterocycles. The highest BCUT2D eigenvalue weighted by atomic mass is 32.1. The summed E-state index contributed by atoms with van der Waals surface area (Å²) in [6, 6.07) is 0. The fraction of sp³-hybridized carbons (Fsp3) is 0.444. The van der Waals surface area contributed by atoms with Gasteiger partial charge in [-0.25, -0.2) is 0 Å². The van der Waals surface area contributed by atoms with Gasteiger partial charge in [-0.05, 0) is 17.9 Å². The van der Waals surface area contributed by atoms with E-state index in [1.165, 1.54) is 0 Å². The minimum atomic E-state index is 0.251. The molecule has 0 unspecified atom stereocenters. The molecule has 1 aliphatic rings. The first-order chi connectivity index (χ1) is 4.60. The molecule has 0 spiro atoms. The van der Waals surface area contributed by atoms with Gasteiger partial charge in [0.05, 0.1) is 0 Å². The summed E-state index contributed by atoms with van der Waals surface area (Å²) in [5.41, 5.74) is 0.251. The molecule has 54 valence electrons. The van der Waals surface area contributed by atoms with Gasteiger partial charge < -0.3 is 0 Å². The van der Waals surface area contributed by atoms with Crippen LogP contribution in [0.4, 0.5) is 0 Å². The lowest BCUT2D eigenvalue weighted by atomic mass is 9.88. The Balaban J connectivity index is 2.79. The van der Waals surface area contributed by atoms with Crippen molar-refractivity contribution in [1.29, 1.82) is 0 Å². The van der Waals surface area contributed by atoms with E-state index in [1.807, 2.05) is 12.2 Å². The van der Waals surface area contributed by atoms with Crippen LogP contribution in [0.5, 0.6) is 0 Å². The largest absolute Gasteiger partial charge is 0.0849 e. The van der Waals surface area contributed by atoms with Gasteiger partial charge in [-0.15, -0.1) is 0 Å². The highest BCUT2D eigenvalue weighted by Crippen LogP contribution is 2.24. The monoisotopic (exact) mass is 152 g/mol. The zero-order valence-electron chi connectivity index (χ0n) is 6.42. The van der Waals surface area contributed by atoms with Crippen LogP contribution in [0.2, 0.25) is 0 Å². The van der Waals surface area contributed by atoms with Crippen molar-refractivity contribution in [3.63, 3.8) is 0 Å². The van der Waals surface area contributed by atoms with Crippen LogP contribution in [0, 0.1) is 5.41 Å². The van der Waals surface area contributed by atoms with Crippen molar-refractivity contribution in [2.24, 2.45) is 5.41 Å². The second kappa shape index (κ2) is 2.67. The first kappa shape index (κ1) is 7.67. The minimum absolute atomic E-state index is 0.251. The Morgan fingerprint density at radius 1 is 1.40 bits per heavy atom. The number of thiocarbonyl (C=S) groups is 1. The van der Waals surface area contributed by atoms with E-state index >= 15 is 0 Å². The van der Waals surface area contributed by atoms with Crippen molar-refractivity contribution < 1.29 is 0 Å². The molecule has 1 heteroatoms. The number of allylic oxidation sites excluding steroid dienone is 4. The maximum absolute atomic E-state index is 5.11. The molecule has 0 aromatic carbocycles. The second-order valence-corrected chi connectivity index (χ2v) is 3.87. The fourth-order valence-corrected chi connectivity index (χ4v) is 1.50. The van der Waals surface area contributed by atoms with Crippen LogP contribution in [0.1, 0.15) is 20.3 Å². The summed E-state index contributed by atoms with van der Waals surface area (Å²) in [6.45, 7) is 4.39. The van der Waals surface area contributed by atoms with Crippen LogP contribution in [0.15, 0.2) is 24.3 Å². The van der Waals surface area contributed by atoms with E-state index < -0.39 is 0 Å². The molecule has 1 aliphatic carbocycles. The molecule has 0 N–H and O–H groups in total. The van der Waals surface area contributed by atoms with E-state index in [2.05, 4.69) is 26.0 Å². The number of rotatable bonds is 0. The van der Waals surface area contributed by atoms with E-state index in [4.69, 9.17) is 12.2 Å². The average molecular weight is 152 g/mol. The Morgan fingerprint density at radius 3 is 2.80 bits per heavy atom. The zero-order valence-corrected chi connectivity index (χ0v) is 7.24. The summed E-state index contributed by atoms with van der Waals surface area (Å²) in [5.74, 6) is 0. The molecule has 0 saturated heterocycles. The third kappa shape index (κ3) is 2.07. The van der Waals surface area contributed by atoms with Crippen molar-refractivity contribution in [2.75, 3.05) is 0 Å². The SMILES string of the molecule is CC1(C)C=CC=CC(=S)C1. The van der Waals surface area contributed by atoms with Crippen LogP contribution in [0.25, 0.3) is 0 Å². The molecule has 0 aromatic rings. The first-order valence-electron chi connectivity index (χ1n) is 3.49. The summed E-state index contributed by atoms with van der Waals surface area (Å²) >= 11 is 5.11. The Kier molecular flexibility index (Phi) is 2.05. The topological polar surface area (TPSA) is 0 Å². The van der Waals surface area contributed by atoms with Crippen LogP contribution in [0.3, 0.4) is 0 Å². The molecule has 10 heavy (non-hydrogen) atoms. The molecule has 0 atom stereocenters. The summed E-state index contributed by atoms with van der Waals surface area (Å²) < 4.78 is 0. The van der Waals surface area contributed by atoms with E-state index in [9.17, 15) is 0 Å². The lowest BCUT2D eigenvalue weighted by Gasteiger charge is -2.17. The summed E-state index contributed by atoms with van der Waals surface area (Å²) in [7, 11) is 0. The minimum Gasteiger partial charge on any atom is -0.0849 e.